The summed E-state index contributed by atoms with van der Waals surface area (Å²) in [5.74, 6) is 2.61. The van der Waals surface area contributed by atoms with Gasteiger partial charge in [0.15, 0.2) is 0 Å². The van der Waals surface area contributed by atoms with Gasteiger partial charge in [0.1, 0.15) is 0 Å². The Labute approximate surface area is 114 Å². The highest BCUT2D eigenvalue weighted by molar-refractivity contribution is 7.11. The fraction of sp³-hybridized carbons (Fsp3) is 0.625. The third-order valence-corrected chi connectivity index (χ3v) is 5.87. The number of fused-ring (bicyclic) bond motifs is 2. The lowest BCUT2D eigenvalue weighted by atomic mass is 9.87. The molecular weight excluding hydrogens is 238 g/mol. The van der Waals surface area contributed by atoms with Gasteiger partial charge in [0, 0.05) is 22.3 Å². The highest BCUT2D eigenvalue weighted by atomic mass is 32.1. The van der Waals surface area contributed by atoms with Crippen molar-refractivity contribution in [2.75, 3.05) is 0 Å². The average Bonchev–Trinajstić information content (AvgIpc) is 3.11. The Bertz CT molecular complexity index is 434. The molecule has 2 heteroatoms. The molecule has 2 aliphatic rings. The van der Waals surface area contributed by atoms with Gasteiger partial charge in [0.2, 0.25) is 0 Å². The molecule has 0 spiro atoms. The molecule has 4 atom stereocenters. The van der Waals surface area contributed by atoms with Crippen LogP contribution in [0.4, 0.5) is 0 Å². The maximum Gasteiger partial charge on any atom is 0.0302 e. The van der Waals surface area contributed by atoms with E-state index in [4.69, 9.17) is 0 Å². The second kappa shape index (κ2) is 5.18. The van der Waals surface area contributed by atoms with E-state index in [1.54, 1.807) is 0 Å². The summed E-state index contributed by atoms with van der Waals surface area (Å²) in [4.78, 5) is 2.99. The van der Waals surface area contributed by atoms with Crippen LogP contribution in [0.15, 0.2) is 24.3 Å². The van der Waals surface area contributed by atoms with Crippen molar-refractivity contribution in [3.05, 3.63) is 34.0 Å². The Kier molecular flexibility index (Phi) is 3.58. The number of hydrogen-bond donors (Lipinski definition) is 1. The SMILES string of the molecule is CCc1ccc(CNC(C)C2CC3C=CC2C3)s1. The predicted octanol–water partition coefficient (Wildman–Crippen LogP) is 4.00. The van der Waals surface area contributed by atoms with Crippen LogP contribution in [-0.2, 0) is 13.0 Å². The van der Waals surface area contributed by atoms with Crippen molar-refractivity contribution < 1.29 is 0 Å². The molecule has 0 amide bonds. The van der Waals surface area contributed by atoms with Gasteiger partial charge in [0.05, 0.1) is 0 Å². The number of nitrogens with one attached hydrogen (secondary N) is 1. The van der Waals surface area contributed by atoms with Gasteiger partial charge in [-0.15, -0.1) is 11.3 Å². The van der Waals surface area contributed by atoms with E-state index in [1.807, 2.05) is 11.3 Å². The Morgan fingerprint density at radius 1 is 1.28 bits per heavy atom. The van der Waals surface area contributed by atoms with Crippen LogP contribution in [-0.4, -0.2) is 6.04 Å². The van der Waals surface area contributed by atoms with E-state index in [1.165, 1.54) is 22.6 Å². The van der Waals surface area contributed by atoms with E-state index >= 15 is 0 Å². The van der Waals surface area contributed by atoms with Gasteiger partial charge >= 0.3 is 0 Å². The molecule has 0 saturated heterocycles. The van der Waals surface area contributed by atoms with Gasteiger partial charge in [-0.05, 0) is 56.1 Å². The minimum atomic E-state index is 0.650. The molecule has 0 aliphatic heterocycles. The first-order chi connectivity index (χ1) is 8.76. The summed E-state index contributed by atoms with van der Waals surface area (Å²) in [6.45, 7) is 5.64. The molecule has 1 aromatic rings. The van der Waals surface area contributed by atoms with Crippen molar-refractivity contribution in [1.82, 2.24) is 5.32 Å². The number of allylic oxidation sites excluding steroid dienone is 2. The average molecular weight is 261 g/mol. The topological polar surface area (TPSA) is 12.0 Å². The lowest BCUT2D eigenvalue weighted by Crippen LogP contribution is -2.34. The van der Waals surface area contributed by atoms with Gasteiger partial charge in [0.25, 0.3) is 0 Å². The van der Waals surface area contributed by atoms with Crippen molar-refractivity contribution in [3.8, 4) is 0 Å². The van der Waals surface area contributed by atoms with Crippen LogP contribution in [0.2, 0.25) is 0 Å². The summed E-state index contributed by atoms with van der Waals surface area (Å²) < 4.78 is 0. The minimum absolute atomic E-state index is 0.650. The summed E-state index contributed by atoms with van der Waals surface area (Å²) in [5, 5.41) is 3.74. The molecule has 0 aromatic carbocycles. The van der Waals surface area contributed by atoms with Crippen LogP contribution in [0.1, 0.15) is 36.4 Å². The van der Waals surface area contributed by atoms with E-state index in [9.17, 15) is 0 Å². The zero-order valence-corrected chi connectivity index (χ0v) is 12.2. The second-order valence-electron chi connectivity index (χ2n) is 5.84. The zero-order chi connectivity index (χ0) is 12.5. The van der Waals surface area contributed by atoms with Gasteiger partial charge in [-0.3, -0.25) is 0 Å². The number of aryl methyl sites for hydroxylation is 1. The summed E-state index contributed by atoms with van der Waals surface area (Å²) >= 11 is 1.96. The summed E-state index contributed by atoms with van der Waals surface area (Å²) in [6, 6.07) is 5.20. The van der Waals surface area contributed by atoms with E-state index < -0.39 is 0 Å². The molecule has 98 valence electrons. The third kappa shape index (κ3) is 2.41. The first-order valence-electron chi connectivity index (χ1n) is 7.25. The highest BCUT2D eigenvalue weighted by Gasteiger charge is 2.38. The quantitative estimate of drug-likeness (QED) is 0.790. The Balaban J connectivity index is 1.52. The van der Waals surface area contributed by atoms with Crippen LogP contribution in [0, 0.1) is 17.8 Å². The van der Waals surface area contributed by atoms with E-state index in [2.05, 4.69) is 43.4 Å². The number of hydrogen-bond acceptors (Lipinski definition) is 2. The molecule has 1 N–H and O–H groups in total. The second-order valence-corrected chi connectivity index (χ2v) is 7.09. The standard InChI is InChI=1S/C16H23NS/c1-3-14-6-7-15(18-14)10-17-11(2)16-9-12-4-5-13(16)8-12/h4-7,11-13,16-17H,3,8-10H2,1-2H3. The van der Waals surface area contributed by atoms with Crippen molar-refractivity contribution >= 4 is 11.3 Å². The third-order valence-electron chi connectivity index (χ3n) is 4.64. The molecule has 1 saturated carbocycles. The van der Waals surface area contributed by atoms with Crippen LogP contribution in [0.25, 0.3) is 0 Å². The lowest BCUT2D eigenvalue weighted by Gasteiger charge is -2.26. The molecule has 1 aromatic heterocycles. The molecule has 0 radical (unpaired) electrons. The fourth-order valence-corrected chi connectivity index (χ4v) is 4.43. The predicted molar refractivity (Wildman–Crippen MR) is 78.8 cm³/mol. The molecule has 4 unspecified atom stereocenters. The Morgan fingerprint density at radius 3 is 2.72 bits per heavy atom. The minimum Gasteiger partial charge on any atom is -0.309 e. The Hall–Kier alpha value is -0.600. The van der Waals surface area contributed by atoms with Gasteiger partial charge < -0.3 is 5.32 Å². The number of thiophene rings is 1. The smallest absolute Gasteiger partial charge is 0.0302 e. The zero-order valence-electron chi connectivity index (χ0n) is 11.4. The first-order valence-corrected chi connectivity index (χ1v) is 8.07. The van der Waals surface area contributed by atoms with Gasteiger partial charge in [-0.25, -0.2) is 0 Å². The largest absolute Gasteiger partial charge is 0.309 e. The molecule has 18 heavy (non-hydrogen) atoms. The van der Waals surface area contributed by atoms with Gasteiger partial charge in [-0.1, -0.05) is 19.1 Å². The van der Waals surface area contributed by atoms with Crippen molar-refractivity contribution in [2.45, 2.75) is 45.7 Å². The summed E-state index contributed by atoms with van der Waals surface area (Å²) in [5.41, 5.74) is 0. The van der Waals surface area contributed by atoms with E-state index in [0.717, 1.165) is 30.7 Å². The molecular formula is C16H23NS. The number of rotatable bonds is 5. The van der Waals surface area contributed by atoms with Crippen LogP contribution < -0.4 is 5.32 Å². The molecule has 1 fully saturated rings. The fourth-order valence-electron chi connectivity index (χ4n) is 3.52. The molecule has 1 heterocycles. The Morgan fingerprint density at radius 2 is 2.11 bits per heavy atom. The molecule has 1 nitrogen and oxygen atoms in total. The van der Waals surface area contributed by atoms with Crippen molar-refractivity contribution in [2.24, 2.45) is 17.8 Å². The molecule has 2 bridgehead atoms. The normalized spacial score (nSPS) is 31.1. The highest BCUT2D eigenvalue weighted by Crippen LogP contribution is 2.44. The monoisotopic (exact) mass is 261 g/mol. The maximum atomic E-state index is 3.74. The van der Waals surface area contributed by atoms with Crippen LogP contribution in [0.5, 0.6) is 0 Å². The van der Waals surface area contributed by atoms with E-state index in [-0.39, 0.29) is 0 Å². The molecule has 3 rings (SSSR count). The summed E-state index contributed by atoms with van der Waals surface area (Å²) in [6.07, 6.45) is 8.87. The molecule has 2 aliphatic carbocycles. The maximum absolute atomic E-state index is 3.74. The van der Waals surface area contributed by atoms with Crippen LogP contribution in [0.3, 0.4) is 0 Å². The van der Waals surface area contributed by atoms with E-state index in [0.29, 0.717) is 6.04 Å². The van der Waals surface area contributed by atoms with Crippen LogP contribution >= 0.6 is 11.3 Å². The van der Waals surface area contributed by atoms with Crippen molar-refractivity contribution in [1.29, 1.82) is 0 Å². The lowest BCUT2D eigenvalue weighted by molar-refractivity contribution is 0.327. The van der Waals surface area contributed by atoms with Crippen molar-refractivity contribution in [3.63, 3.8) is 0 Å². The van der Waals surface area contributed by atoms with Gasteiger partial charge in [-0.2, -0.15) is 0 Å². The first kappa shape index (κ1) is 12.4. The summed E-state index contributed by atoms with van der Waals surface area (Å²) in [7, 11) is 0.